The van der Waals surface area contributed by atoms with Gasteiger partial charge in [-0.1, -0.05) is 25.1 Å². The molecule has 1 heterocycles. The maximum atomic E-state index is 14.4. The predicted octanol–water partition coefficient (Wildman–Crippen LogP) is 3.03. The number of halogens is 1. The van der Waals surface area contributed by atoms with Gasteiger partial charge in [0.05, 0.1) is 0 Å². The molecule has 0 bridgehead atoms. The number of hydrogen-bond acceptors (Lipinski definition) is 3. The van der Waals surface area contributed by atoms with Gasteiger partial charge in [-0.15, -0.1) is 0 Å². The second-order valence-corrected chi connectivity index (χ2v) is 5.18. The molecule has 1 N–H and O–H groups in total. The van der Waals surface area contributed by atoms with Crippen molar-refractivity contribution in [2.45, 2.75) is 46.2 Å². The van der Waals surface area contributed by atoms with Crippen LogP contribution in [0, 0.1) is 12.7 Å². The summed E-state index contributed by atoms with van der Waals surface area (Å²) >= 11 is 0. The standard InChI is InChI=1S/C16H23FN4/c1-4-9-18-14(10-15-19-11-20-21(15)5-2)13-8-6-7-12(3)16(13)17/h6-8,11,14,18H,4-5,9-10H2,1-3H3. The highest BCUT2D eigenvalue weighted by atomic mass is 19.1. The molecule has 0 saturated carbocycles. The molecule has 114 valence electrons. The molecule has 2 aromatic rings. The quantitative estimate of drug-likeness (QED) is 0.852. The van der Waals surface area contributed by atoms with E-state index in [1.807, 2.05) is 23.7 Å². The van der Waals surface area contributed by atoms with Crippen molar-refractivity contribution >= 4 is 0 Å². The van der Waals surface area contributed by atoms with Gasteiger partial charge in [0.1, 0.15) is 18.0 Å². The van der Waals surface area contributed by atoms with Gasteiger partial charge in [-0.3, -0.25) is 4.68 Å². The lowest BCUT2D eigenvalue weighted by atomic mass is 10.00. The van der Waals surface area contributed by atoms with Crippen LogP contribution in [0.1, 0.15) is 43.3 Å². The number of hydrogen-bond donors (Lipinski definition) is 1. The van der Waals surface area contributed by atoms with E-state index in [9.17, 15) is 4.39 Å². The van der Waals surface area contributed by atoms with Crippen molar-refractivity contribution in [2.24, 2.45) is 0 Å². The van der Waals surface area contributed by atoms with Crippen molar-refractivity contribution in [2.75, 3.05) is 6.54 Å². The molecule has 0 aliphatic carbocycles. The summed E-state index contributed by atoms with van der Waals surface area (Å²) in [5.74, 6) is 0.751. The Balaban J connectivity index is 2.28. The third-order valence-electron chi connectivity index (χ3n) is 3.62. The van der Waals surface area contributed by atoms with Crippen LogP contribution in [0.15, 0.2) is 24.5 Å². The number of nitrogens with one attached hydrogen (secondary N) is 1. The molecule has 0 fully saturated rings. The van der Waals surface area contributed by atoms with E-state index in [2.05, 4.69) is 22.3 Å². The molecule has 2 rings (SSSR count). The molecule has 1 unspecified atom stereocenters. The minimum Gasteiger partial charge on any atom is -0.309 e. The highest BCUT2D eigenvalue weighted by Crippen LogP contribution is 2.22. The molecule has 4 nitrogen and oxygen atoms in total. The molecule has 1 atom stereocenters. The summed E-state index contributed by atoms with van der Waals surface area (Å²) < 4.78 is 16.3. The van der Waals surface area contributed by atoms with E-state index in [4.69, 9.17) is 0 Å². The van der Waals surface area contributed by atoms with Crippen molar-refractivity contribution in [3.8, 4) is 0 Å². The third-order valence-corrected chi connectivity index (χ3v) is 3.62. The lowest BCUT2D eigenvalue weighted by Gasteiger charge is -2.20. The van der Waals surface area contributed by atoms with Crippen molar-refractivity contribution in [1.29, 1.82) is 0 Å². The lowest BCUT2D eigenvalue weighted by molar-refractivity contribution is 0.473. The van der Waals surface area contributed by atoms with Crippen LogP contribution >= 0.6 is 0 Å². The predicted molar refractivity (Wildman–Crippen MR) is 81.6 cm³/mol. The Kier molecular flexibility index (Phi) is 5.44. The van der Waals surface area contributed by atoms with E-state index >= 15 is 0 Å². The first-order valence-electron chi connectivity index (χ1n) is 7.52. The highest BCUT2D eigenvalue weighted by Gasteiger charge is 2.19. The smallest absolute Gasteiger partial charge is 0.138 e. The third kappa shape index (κ3) is 3.67. The fourth-order valence-electron chi connectivity index (χ4n) is 2.44. The van der Waals surface area contributed by atoms with Crippen molar-refractivity contribution < 1.29 is 4.39 Å². The van der Waals surface area contributed by atoms with Gasteiger partial charge in [-0.05, 0) is 32.4 Å². The van der Waals surface area contributed by atoms with Gasteiger partial charge in [0, 0.05) is 24.6 Å². The Bertz CT molecular complexity index is 579. The Morgan fingerprint density at radius 3 is 2.86 bits per heavy atom. The maximum Gasteiger partial charge on any atom is 0.138 e. The van der Waals surface area contributed by atoms with E-state index < -0.39 is 0 Å². The first-order valence-corrected chi connectivity index (χ1v) is 7.52. The summed E-state index contributed by atoms with van der Waals surface area (Å²) in [6, 6.07) is 5.46. The molecular weight excluding hydrogens is 267 g/mol. The minimum atomic E-state index is -0.131. The average molecular weight is 290 g/mol. The molecule has 0 aliphatic rings. The van der Waals surface area contributed by atoms with Crippen molar-refractivity contribution in [3.63, 3.8) is 0 Å². The Hall–Kier alpha value is -1.75. The van der Waals surface area contributed by atoms with Crippen LogP contribution in [-0.4, -0.2) is 21.3 Å². The van der Waals surface area contributed by atoms with Crippen LogP contribution < -0.4 is 5.32 Å². The maximum absolute atomic E-state index is 14.4. The number of aryl methyl sites for hydroxylation is 2. The zero-order valence-corrected chi connectivity index (χ0v) is 12.9. The number of benzene rings is 1. The summed E-state index contributed by atoms with van der Waals surface area (Å²) in [5, 5.41) is 7.61. The molecule has 0 aliphatic heterocycles. The Labute approximate surface area is 125 Å². The lowest BCUT2D eigenvalue weighted by Crippen LogP contribution is -2.26. The van der Waals surface area contributed by atoms with Crippen molar-refractivity contribution in [1.82, 2.24) is 20.1 Å². The molecule has 0 amide bonds. The zero-order valence-electron chi connectivity index (χ0n) is 12.9. The molecule has 0 spiro atoms. The fourth-order valence-corrected chi connectivity index (χ4v) is 2.44. The van der Waals surface area contributed by atoms with E-state index in [1.54, 1.807) is 19.3 Å². The molecule has 1 aromatic carbocycles. The molecule has 5 heteroatoms. The molecular formula is C16H23FN4. The Morgan fingerprint density at radius 1 is 1.33 bits per heavy atom. The Morgan fingerprint density at radius 2 is 2.14 bits per heavy atom. The van der Waals surface area contributed by atoms with E-state index in [0.717, 1.165) is 25.3 Å². The van der Waals surface area contributed by atoms with Crippen LogP contribution in [0.25, 0.3) is 0 Å². The zero-order chi connectivity index (χ0) is 15.2. The van der Waals surface area contributed by atoms with E-state index in [-0.39, 0.29) is 11.9 Å². The summed E-state index contributed by atoms with van der Waals surface area (Å²) in [6.07, 6.45) is 3.20. The van der Waals surface area contributed by atoms with Gasteiger partial charge in [0.25, 0.3) is 0 Å². The summed E-state index contributed by atoms with van der Waals surface area (Å²) in [6.45, 7) is 7.54. The molecule has 0 radical (unpaired) electrons. The summed E-state index contributed by atoms with van der Waals surface area (Å²) in [4.78, 5) is 4.30. The fraction of sp³-hybridized carbons (Fsp3) is 0.500. The van der Waals surface area contributed by atoms with Gasteiger partial charge >= 0.3 is 0 Å². The van der Waals surface area contributed by atoms with Gasteiger partial charge < -0.3 is 5.32 Å². The van der Waals surface area contributed by atoms with E-state index in [1.165, 1.54) is 0 Å². The van der Waals surface area contributed by atoms with Gasteiger partial charge in [-0.2, -0.15) is 5.10 Å². The van der Waals surface area contributed by atoms with Gasteiger partial charge in [0.15, 0.2) is 0 Å². The number of nitrogens with zero attached hydrogens (tertiary/aromatic N) is 3. The summed E-state index contributed by atoms with van der Waals surface area (Å²) in [7, 11) is 0. The van der Waals surface area contributed by atoms with Crippen LogP contribution in [0.2, 0.25) is 0 Å². The number of aromatic nitrogens is 3. The average Bonchev–Trinajstić information content (AvgIpc) is 2.93. The SMILES string of the molecule is CCCNC(Cc1ncnn1CC)c1cccc(C)c1F. The molecule has 21 heavy (non-hydrogen) atoms. The summed E-state index contributed by atoms with van der Waals surface area (Å²) in [5.41, 5.74) is 1.38. The second kappa shape index (κ2) is 7.31. The molecule has 0 saturated heterocycles. The van der Waals surface area contributed by atoms with Gasteiger partial charge in [-0.25, -0.2) is 9.37 Å². The first-order chi connectivity index (χ1) is 10.2. The largest absolute Gasteiger partial charge is 0.309 e. The van der Waals surface area contributed by atoms with Crippen molar-refractivity contribution in [3.05, 3.63) is 47.3 Å². The minimum absolute atomic E-state index is 0.0839. The van der Waals surface area contributed by atoms with E-state index in [0.29, 0.717) is 17.5 Å². The first kappa shape index (κ1) is 15.6. The van der Waals surface area contributed by atoms with Crippen LogP contribution in [0.5, 0.6) is 0 Å². The number of rotatable bonds is 7. The topological polar surface area (TPSA) is 42.7 Å². The van der Waals surface area contributed by atoms with Crippen LogP contribution in [-0.2, 0) is 13.0 Å². The second-order valence-electron chi connectivity index (χ2n) is 5.18. The molecule has 1 aromatic heterocycles. The van der Waals surface area contributed by atoms with Crippen LogP contribution in [0.4, 0.5) is 4.39 Å². The normalized spacial score (nSPS) is 12.6. The van der Waals surface area contributed by atoms with Gasteiger partial charge in [0.2, 0.25) is 0 Å². The highest BCUT2D eigenvalue weighted by molar-refractivity contribution is 5.28. The van der Waals surface area contributed by atoms with Crippen LogP contribution in [0.3, 0.4) is 0 Å². The monoisotopic (exact) mass is 290 g/mol.